The van der Waals surface area contributed by atoms with E-state index in [0.717, 1.165) is 54.8 Å². The lowest BCUT2D eigenvalue weighted by Gasteiger charge is -2.31. The number of thioether (sulfide) groups is 1. The first-order chi connectivity index (χ1) is 18.4. The van der Waals surface area contributed by atoms with Crippen LogP contribution in [0.25, 0.3) is 6.08 Å². The molecule has 0 aromatic heterocycles. The Hall–Kier alpha value is -1.37. The summed E-state index contributed by atoms with van der Waals surface area (Å²) in [4.78, 5) is 21.4. The first-order valence-corrected chi connectivity index (χ1v) is 15.6. The summed E-state index contributed by atoms with van der Waals surface area (Å²) in [5.74, 6) is 0.416. The Bertz CT molecular complexity index is 1230. The number of halogens is 4. The zero-order chi connectivity index (χ0) is 26.6. The molecule has 3 fully saturated rings. The summed E-state index contributed by atoms with van der Waals surface area (Å²) in [7, 11) is 0. The monoisotopic (exact) mass is 610 g/mol. The highest BCUT2D eigenvalue weighted by molar-refractivity contribution is 8.18. The minimum absolute atomic E-state index is 0.0312. The summed E-state index contributed by atoms with van der Waals surface area (Å²) in [6, 6.07) is 9.39. The van der Waals surface area contributed by atoms with Crippen molar-refractivity contribution in [1.29, 1.82) is 0 Å². The van der Waals surface area contributed by atoms with E-state index in [1.54, 1.807) is 24.3 Å². The van der Waals surface area contributed by atoms with Gasteiger partial charge in [0.25, 0.3) is 5.91 Å². The molecular formula is C29H30Cl4N2O2S. The Morgan fingerprint density at radius 3 is 2.18 bits per heavy atom. The van der Waals surface area contributed by atoms with Gasteiger partial charge in [-0.3, -0.25) is 14.7 Å². The zero-order valence-electron chi connectivity index (χ0n) is 21.0. The van der Waals surface area contributed by atoms with Crippen molar-refractivity contribution < 1.29 is 9.53 Å². The number of hydrogen-bond donors (Lipinski definition) is 0. The molecule has 0 spiro atoms. The Kier molecular flexibility index (Phi) is 9.54. The third-order valence-electron chi connectivity index (χ3n) is 7.33. The second-order valence-corrected chi connectivity index (χ2v) is 12.8. The second kappa shape index (κ2) is 12.9. The van der Waals surface area contributed by atoms with Gasteiger partial charge in [-0.2, -0.15) is 0 Å². The fourth-order valence-electron chi connectivity index (χ4n) is 5.34. The summed E-state index contributed by atoms with van der Waals surface area (Å²) in [6.45, 7) is 0.239. The van der Waals surface area contributed by atoms with E-state index in [-0.39, 0.29) is 18.6 Å². The lowest BCUT2D eigenvalue weighted by molar-refractivity contribution is -0.124. The molecule has 38 heavy (non-hydrogen) atoms. The van der Waals surface area contributed by atoms with E-state index in [4.69, 9.17) is 56.1 Å². The third-order valence-corrected chi connectivity index (χ3v) is 9.63. The summed E-state index contributed by atoms with van der Waals surface area (Å²) >= 11 is 26.7. The number of aliphatic imine (C=N–C) groups is 1. The smallest absolute Gasteiger partial charge is 0.266 e. The highest BCUT2D eigenvalue weighted by Gasteiger charge is 2.39. The Labute approximate surface area is 248 Å². The van der Waals surface area contributed by atoms with Crippen LogP contribution in [-0.2, 0) is 11.4 Å². The molecule has 9 heteroatoms. The number of carbonyl (C=O) groups excluding carboxylic acids is 1. The molecule has 0 bridgehead atoms. The molecule has 2 aliphatic carbocycles. The summed E-state index contributed by atoms with van der Waals surface area (Å²) in [5.41, 5.74) is 1.60. The summed E-state index contributed by atoms with van der Waals surface area (Å²) in [6.07, 6.45) is 13.4. The Balaban J connectivity index is 1.36. The maximum Gasteiger partial charge on any atom is 0.266 e. The number of amidine groups is 1. The molecule has 1 amide bonds. The Morgan fingerprint density at radius 1 is 0.868 bits per heavy atom. The zero-order valence-corrected chi connectivity index (χ0v) is 24.9. The van der Waals surface area contributed by atoms with Gasteiger partial charge < -0.3 is 4.74 Å². The van der Waals surface area contributed by atoms with Gasteiger partial charge in [-0.1, -0.05) is 91.0 Å². The third kappa shape index (κ3) is 6.67. The number of amides is 1. The second-order valence-electron chi connectivity index (χ2n) is 10.1. The average Bonchev–Trinajstić information content (AvgIpc) is 3.20. The molecule has 0 unspecified atom stereocenters. The molecule has 2 saturated carbocycles. The predicted molar refractivity (Wildman–Crippen MR) is 161 cm³/mol. The average molecular weight is 612 g/mol. The van der Waals surface area contributed by atoms with Gasteiger partial charge in [0.1, 0.15) is 6.61 Å². The first-order valence-electron chi connectivity index (χ1n) is 13.3. The maximum atomic E-state index is 13.7. The largest absolute Gasteiger partial charge is 0.486 e. The number of nitrogens with zero attached hydrogens (tertiary/aromatic N) is 2. The molecule has 0 atom stereocenters. The highest BCUT2D eigenvalue weighted by Crippen LogP contribution is 2.40. The van der Waals surface area contributed by atoms with Crippen molar-refractivity contribution in [2.45, 2.75) is 82.9 Å². The van der Waals surface area contributed by atoms with E-state index < -0.39 is 0 Å². The molecule has 0 N–H and O–H groups in total. The molecule has 4 nitrogen and oxygen atoms in total. The number of hydrogen-bond acceptors (Lipinski definition) is 4. The first kappa shape index (κ1) is 28.2. The van der Waals surface area contributed by atoms with Gasteiger partial charge in [-0.15, -0.1) is 0 Å². The molecule has 1 aliphatic heterocycles. The van der Waals surface area contributed by atoms with Crippen LogP contribution in [0.3, 0.4) is 0 Å². The fourth-order valence-corrected chi connectivity index (χ4v) is 7.38. The van der Waals surface area contributed by atoms with Crippen LogP contribution in [0.4, 0.5) is 0 Å². The van der Waals surface area contributed by atoms with Crippen LogP contribution in [0.5, 0.6) is 5.75 Å². The lowest BCUT2D eigenvalue weighted by Crippen LogP contribution is -2.41. The van der Waals surface area contributed by atoms with E-state index in [1.165, 1.54) is 37.4 Å². The Morgan fingerprint density at radius 2 is 1.53 bits per heavy atom. The molecule has 3 aliphatic rings. The fraction of sp³-hybridized carbons (Fsp3) is 0.448. The number of benzene rings is 2. The number of rotatable bonds is 6. The maximum absolute atomic E-state index is 13.7. The quantitative estimate of drug-likeness (QED) is 0.305. The van der Waals surface area contributed by atoms with Gasteiger partial charge in [0.05, 0.1) is 31.0 Å². The number of ether oxygens (including phenoxy) is 1. The van der Waals surface area contributed by atoms with Crippen LogP contribution < -0.4 is 4.74 Å². The van der Waals surface area contributed by atoms with Crippen molar-refractivity contribution in [2.75, 3.05) is 0 Å². The van der Waals surface area contributed by atoms with E-state index in [2.05, 4.69) is 0 Å². The van der Waals surface area contributed by atoms with Gasteiger partial charge in [0.15, 0.2) is 10.9 Å². The van der Waals surface area contributed by atoms with Crippen LogP contribution in [0.15, 0.2) is 40.2 Å². The van der Waals surface area contributed by atoms with Gasteiger partial charge in [0.2, 0.25) is 0 Å². The van der Waals surface area contributed by atoms with Crippen molar-refractivity contribution in [3.8, 4) is 5.75 Å². The van der Waals surface area contributed by atoms with Crippen molar-refractivity contribution in [3.63, 3.8) is 0 Å². The van der Waals surface area contributed by atoms with Crippen LogP contribution in [0, 0.1) is 0 Å². The van der Waals surface area contributed by atoms with Gasteiger partial charge in [-0.25, -0.2) is 0 Å². The lowest BCUT2D eigenvalue weighted by atomic mass is 9.94. The number of carbonyl (C=O) groups is 1. The molecule has 2 aromatic carbocycles. The minimum atomic E-state index is 0.0312. The van der Waals surface area contributed by atoms with E-state index >= 15 is 0 Å². The molecule has 5 rings (SSSR count). The van der Waals surface area contributed by atoms with Crippen molar-refractivity contribution >= 4 is 75.3 Å². The molecule has 202 valence electrons. The highest BCUT2D eigenvalue weighted by atomic mass is 35.5. The van der Waals surface area contributed by atoms with Gasteiger partial charge in [-0.05, 0) is 78.9 Å². The molecule has 1 saturated heterocycles. The van der Waals surface area contributed by atoms with Gasteiger partial charge >= 0.3 is 0 Å². The summed E-state index contributed by atoms with van der Waals surface area (Å²) in [5, 5.41) is 2.55. The molecular weight excluding hydrogens is 582 g/mol. The van der Waals surface area contributed by atoms with Crippen LogP contribution in [-0.4, -0.2) is 28.1 Å². The standard InChI is InChI=1S/C29H30Cl4N2O2S/c30-22-12-11-18(13-23(22)31)17-37-27-24(32)14-19(15-25(27)33)16-26-28(36)35(21-9-5-2-6-10-21)29(38-26)34-20-7-3-1-4-8-20/h11-16,20-21H,1-10,17H2. The summed E-state index contributed by atoms with van der Waals surface area (Å²) < 4.78 is 5.91. The molecule has 1 heterocycles. The van der Waals surface area contributed by atoms with Crippen LogP contribution in [0.2, 0.25) is 20.1 Å². The normalized spacial score (nSPS) is 21.6. The predicted octanol–water partition coefficient (Wildman–Crippen LogP) is 9.82. The van der Waals surface area contributed by atoms with Crippen LogP contribution >= 0.6 is 58.2 Å². The van der Waals surface area contributed by atoms with E-state index in [0.29, 0.717) is 36.8 Å². The minimum Gasteiger partial charge on any atom is -0.486 e. The molecule has 2 aromatic rings. The van der Waals surface area contributed by atoms with Crippen molar-refractivity contribution in [1.82, 2.24) is 4.90 Å². The van der Waals surface area contributed by atoms with Gasteiger partial charge in [0, 0.05) is 6.04 Å². The van der Waals surface area contributed by atoms with E-state index in [9.17, 15) is 4.79 Å². The van der Waals surface area contributed by atoms with Crippen molar-refractivity contribution in [3.05, 3.63) is 66.5 Å². The molecule has 0 radical (unpaired) electrons. The van der Waals surface area contributed by atoms with Crippen molar-refractivity contribution in [2.24, 2.45) is 4.99 Å². The SMILES string of the molecule is O=C1C(=Cc2cc(Cl)c(OCc3ccc(Cl)c(Cl)c3)c(Cl)c2)SC(=NC2CCCCC2)N1C1CCCCC1. The topological polar surface area (TPSA) is 41.9 Å². The van der Waals surface area contributed by atoms with Crippen LogP contribution in [0.1, 0.15) is 75.3 Å². The van der Waals surface area contributed by atoms with E-state index in [1.807, 2.05) is 17.0 Å².